The molecule has 0 radical (unpaired) electrons. The number of rotatable bonds is 15. The van der Waals surface area contributed by atoms with Gasteiger partial charge in [-0.2, -0.15) is 0 Å². The lowest BCUT2D eigenvalue weighted by Crippen LogP contribution is -2.49. The van der Waals surface area contributed by atoms with Crippen molar-refractivity contribution in [1.82, 2.24) is 0 Å². The third-order valence-electron chi connectivity index (χ3n) is 12.1. The summed E-state index contributed by atoms with van der Waals surface area (Å²) in [5, 5.41) is 0. The topological polar surface area (TPSA) is 18.5 Å². The van der Waals surface area contributed by atoms with Gasteiger partial charge in [0.15, 0.2) is 0 Å². The van der Waals surface area contributed by atoms with Crippen LogP contribution < -0.4 is 0 Å². The van der Waals surface area contributed by atoms with Crippen molar-refractivity contribution >= 4 is 20.2 Å². The Hall–Kier alpha value is -3.50. The number of fused-ring (bicyclic) bond motifs is 2. The fraction of sp³-hybridized carbons (Fsp3) is 0.462. The summed E-state index contributed by atoms with van der Waals surface area (Å²) >= 11 is 0. The average molecular weight is 753 g/mol. The number of benzene rings is 4. The van der Waals surface area contributed by atoms with E-state index in [1.54, 1.807) is 22.3 Å². The van der Waals surface area contributed by atoms with Gasteiger partial charge >= 0.3 is 0 Å². The van der Waals surface area contributed by atoms with Crippen LogP contribution in [0.15, 0.2) is 96.1 Å². The highest BCUT2D eigenvalue weighted by Gasteiger charge is 2.53. The molecule has 3 heteroatoms. The minimum atomic E-state index is -2.16. The van der Waals surface area contributed by atoms with Crippen LogP contribution in [0.1, 0.15) is 146 Å². The van der Waals surface area contributed by atoms with E-state index in [1.165, 1.54) is 82.3 Å². The second-order valence-electron chi connectivity index (χ2n) is 18.8. The highest BCUT2D eigenvalue weighted by molar-refractivity contribution is 6.84. The Morgan fingerprint density at radius 1 is 0.582 bits per heavy atom. The first-order valence-corrected chi connectivity index (χ1v) is 23.8. The first-order valence-electron chi connectivity index (χ1n) is 21.3. The number of hydrogen-bond donors (Lipinski definition) is 0. The van der Waals surface area contributed by atoms with Crippen LogP contribution in [0.3, 0.4) is 0 Å². The molecular weight excluding hydrogens is 685 g/mol. The molecule has 0 spiro atoms. The van der Waals surface area contributed by atoms with E-state index in [0.717, 1.165) is 0 Å². The van der Waals surface area contributed by atoms with Gasteiger partial charge in [0.05, 0.1) is 32.5 Å². The molecule has 2 atom stereocenters. The van der Waals surface area contributed by atoms with Gasteiger partial charge in [-0.1, -0.05) is 174 Å². The van der Waals surface area contributed by atoms with Crippen molar-refractivity contribution in [3.8, 4) is 22.3 Å². The van der Waals surface area contributed by atoms with E-state index < -0.39 is 8.07 Å². The quantitative estimate of drug-likeness (QED) is 0.113. The zero-order valence-electron chi connectivity index (χ0n) is 35.9. The second-order valence-corrected chi connectivity index (χ2v) is 23.4. The van der Waals surface area contributed by atoms with Gasteiger partial charge in [-0.3, -0.25) is 0 Å². The van der Waals surface area contributed by atoms with Gasteiger partial charge in [-0.25, -0.2) is 0 Å². The van der Waals surface area contributed by atoms with E-state index in [9.17, 15) is 0 Å². The molecule has 0 aromatic heterocycles. The maximum Gasteiger partial charge on any atom is 0.0782 e. The molecule has 4 aromatic rings. The predicted octanol–water partition coefficient (Wildman–Crippen LogP) is 15.1. The van der Waals surface area contributed by atoms with Crippen molar-refractivity contribution in [1.29, 1.82) is 0 Å². The van der Waals surface area contributed by atoms with Gasteiger partial charge in [0.2, 0.25) is 0 Å². The van der Waals surface area contributed by atoms with Crippen molar-refractivity contribution in [2.24, 2.45) is 5.92 Å². The number of ether oxygens (including phenoxy) is 2. The highest BCUT2D eigenvalue weighted by atomic mass is 28.3. The lowest BCUT2D eigenvalue weighted by molar-refractivity contribution is -0.0152. The lowest BCUT2D eigenvalue weighted by atomic mass is 9.96. The van der Waals surface area contributed by atoms with Gasteiger partial charge in [0.25, 0.3) is 0 Å². The molecule has 0 heterocycles. The van der Waals surface area contributed by atoms with E-state index in [2.05, 4.69) is 173 Å². The Kier molecular flexibility index (Phi) is 12.7. The molecule has 0 bridgehead atoms. The molecule has 0 amide bonds. The summed E-state index contributed by atoms with van der Waals surface area (Å²) in [6.45, 7) is 26.2. The van der Waals surface area contributed by atoms with E-state index >= 15 is 0 Å². The molecule has 0 fully saturated rings. The molecular formula is C52H68O2Si. The summed E-state index contributed by atoms with van der Waals surface area (Å²) < 4.78 is 12.2. The lowest BCUT2D eigenvalue weighted by Gasteiger charge is -2.46. The number of hydrogen-bond acceptors (Lipinski definition) is 2. The van der Waals surface area contributed by atoms with Crippen molar-refractivity contribution in [2.75, 3.05) is 0 Å². The molecule has 0 N–H and O–H groups in total. The van der Waals surface area contributed by atoms with Gasteiger partial charge in [0, 0.05) is 11.1 Å². The molecule has 0 saturated carbocycles. The van der Waals surface area contributed by atoms with Crippen LogP contribution in [0.2, 0.25) is 12.1 Å². The zero-order valence-corrected chi connectivity index (χ0v) is 36.9. The summed E-state index contributed by atoms with van der Waals surface area (Å²) in [6, 6.07) is 35.4. The van der Waals surface area contributed by atoms with Crippen LogP contribution in [0.5, 0.6) is 0 Å². The molecule has 2 unspecified atom stereocenters. The largest absolute Gasteiger partial charge is 0.371 e. The standard InChI is InChI=1S/C52H68O2Si/c1-12-14-30-55(31-15-13-2,49-37(5)32-47-42(18-16-20-44(47)49)40-26-22-38(23-27-40)34-53-51(6,7)8)50-45-21-17-19-43(48(45)33-46(50)36(3)4)41-28-24-39(25-29-41)35-54-52(9,10)11/h16-29,32-33,36,49-50H,12-15,30-31,34-35H2,1-11H3. The second kappa shape index (κ2) is 16.9. The highest BCUT2D eigenvalue weighted by Crippen LogP contribution is 2.59. The van der Waals surface area contributed by atoms with E-state index in [-0.39, 0.29) is 11.2 Å². The molecule has 6 rings (SSSR count). The van der Waals surface area contributed by atoms with Crippen LogP contribution in [0.4, 0.5) is 0 Å². The first-order chi connectivity index (χ1) is 26.2. The summed E-state index contributed by atoms with van der Waals surface area (Å²) in [7, 11) is -2.16. The number of unbranched alkanes of at least 4 members (excludes halogenated alkanes) is 2. The van der Waals surface area contributed by atoms with Crippen LogP contribution in [-0.2, 0) is 22.7 Å². The van der Waals surface area contributed by atoms with E-state index in [4.69, 9.17) is 9.47 Å². The van der Waals surface area contributed by atoms with Crippen LogP contribution in [0.25, 0.3) is 34.4 Å². The van der Waals surface area contributed by atoms with Crippen molar-refractivity contribution in [3.63, 3.8) is 0 Å². The fourth-order valence-corrected chi connectivity index (χ4v) is 17.0. The molecule has 4 aromatic carbocycles. The zero-order chi connectivity index (χ0) is 39.5. The van der Waals surface area contributed by atoms with Crippen LogP contribution >= 0.6 is 0 Å². The van der Waals surface area contributed by atoms with Gasteiger partial charge in [-0.15, -0.1) is 0 Å². The number of allylic oxidation sites excluding steroid dienone is 2. The third-order valence-corrected chi connectivity index (χ3v) is 18.3. The fourth-order valence-electron chi connectivity index (χ4n) is 9.43. The Morgan fingerprint density at radius 3 is 1.44 bits per heavy atom. The van der Waals surface area contributed by atoms with Gasteiger partial charge < -0.3 is 9.47 Å². The van der Waals surface area contributed by atoms with Crippen LogP contribution in [0, 0.1) is 5.92 Å². The van der Waals surface area contributed by atoms with Gasteiger partial charge in [-0.05, 0) is 110 Å². The maximum absolute atomic E-state index is 6.12. The minimum absolute atomic E-state index is 0.151. The Labute approximate surface area is 335 Å². The van der Waals surface area contributed by atoms with Crippen LogP contribution in [-0.4, -0.2) is 19.3 Å². The Morgan fingerprint density at radius 2 is 1.02 bits per heavy atom. The predicted molar refractivity (Wildman–Crippen MR) is 240 cm³/mol. The Balaban J connectivity index is 1.45. The summed E-state index contributed by atoms with van der Waals surface area (Å²) in [4.78, 5) is 0. The maximum atomic E-state index is 6.12. The normalized spacial score (nSPS) is 17.0. The summed E-state index contributed by atoms with van der Waals surface area (Å²) in [6.07, 6.45) is 10.3. The van der Waals surface area contributed by atoms with Crippen molar-refractivity contribution in [3.05, 3.63) is 129 Å². The molecule has 55 heavy (non-hydrogen) atoms. The minimum Gasteiger partial charge on any atom is -0.371 e. The molecule has 292 valence electrons. The third kappa shape index (κ3) is 9.06. The monoisotopic (exact) mass is 752 g/mol. The molecule has 0 saturated heterocycles. The van der Waals surface area contributed by atoms with Gasteiger partial charge in [0.1, 0.15) is 0 Å². The van der Waals surface area contributed by atoms with Crippen molar-refractivity contribution < 1.29 is 9.47 Å². The molecule has 2 aliphatic rings. The van der Waals surface area contributed by atoms with Crippen molar-refractivity contribution in [2.45, 2.75) is 149 Å². The van der Waals surface area contributed by atoms with E-state index in [1.807, 2.05) is 0 Å². The molecule has 2 aliphatic carbocycles. The average Bonchev–Trinajstić information content (AvgIpc) is 3.72. The summed E-state index contributed by atoms with van der Waals surface area (Å²) in [5.74, 6) is 0.481. The smallest absolute Gasteiger partial charge is 0.0782 e. The molecule has 2 nitrogen and oxygen atoms in total. The molecule has 0 aliphatic heterocycles. The summed E-state index contributed by atoms with van der Waals surface area (Å²) in [5.41, 5.74) is 17.8. The Bertz CT molecular complexity index is 1970. The van der Waals surface area contributed by atoms with E-state index in [0.29, 0.717) is 30.2 Å². The first kappa shape index (κ1) is 41.1. The SMILES string of the molecule is CCCC[Si](CCCC)(C1C(C)=Cc2c(-c3ccc(COC(C)(C)C)cc3)cccc21)C1C(C(C)C)=Cc2c(-c3ccc(COC(C)(C)C)cc3)cccc21.